The molecule has 5 nitrogen and oxygen atoms in total. The van der Waals surface area contributed by atoms with Crippen LogP contribution < -0.4 is 10.2 Å². The Bertz CT molecular complexity index is 803. The second-order valence-electron chi connectivity index (χ2n) is 6.26. The molecule has 0 saturated carbocycles. The lowest BCUT2D eigenvalue weighted by molar-refractivity contribution is -0.119. The molecule has 1 N–H and O–H groups in total. The summed E-state index contributed by atoms with van der Waals surface area (Å²) in [7, 11) is 3.71. The molecule has 1 aliphatic heterocycles. The maximum Gasteiger partial charge on any atom is 0.261 e. The maximum absolute atomic E-state index is 13.2. The van der Waals surface area contributed by atoms with E-state index >= 15 is 0 Å². The molecule has 0 atom stereocenters. The van der Waals surface area contributed by atoms with Crippen LogP contribution in [0.5, 0.6) is 0 Å². The molecular formula is C18H20FN3O2S. The third-order valence-electron chi connectivity index (χ3n) is 3.96. The van der Waals surface area contributed by atoms with Crippen LogP contribution in [0.3, 0.4) is 0 Å². The summed E-state index contributed by atoms with van der Waals surface area (Å²) in [6, 6.07) is 7.93. The largest absolute Gasteiger partial charge is 0.347 e. The Kier molecular flexibility index (Phi) is 5.15. The van der Waals surface area contributed by atoms with Crippen molar-refractivity contribution in [1.29, 1.82) is 0 Å². The Hall–Kier alpha value is -2.25. The van der Waals surface area contributed by atoms with Gasteiger partial charge in [-0.3, -0.25) is 9.59 Å². The van der Waals surface area contributed by atoms with Crippen LogP contribution in [0.4, 0.5) is 10.1 Å². The highest BCUT2D eigenvalue weighted by molar-refractivity contribution is 7.14. The zero-order chi connectivity index (χ0) is 18.0. The van der Waals surface area contributed by atoms with Gasteiger partial charge in [0.2, 0.25) is 5.91 Å². The van der Waals surface area contributed by atoms with E-state index in [4.69, 9.17) is 0 Å². The van der Waals surface area contributed by atoms with Crippen LogP contribution in [0, 0.1) is 5.82 Å². The zero-order valence-corrected chi connectivity index (χ0v) is 15.0. The molecule has 25 heavy (non-hydrogen) atoms. The molecule has 2 heterocycles. The third kappa shape index (κ3) is 4.05. The van der Waals surface area contributed by atoms with Gasteiger partial charge >= 0.3 is 0 Å². The van der Waals surface area contributed by atoms with Crippen molar-refractivity contribution in [3.63, 3.8) is 0 Å². The lowest BCUT2D eigenvalue weighted by atomic mass is 10.2. The summed E-state index contributed by atoms with van der Waals surface area (Å²) in [6.07, 6.45) is 0.774. The van der Waals surface area contributed by atoms with E-state index in [1.54, 1.807) is 23.1 Å². The van der Waals surface area contributed by atoms with E-state index in [-0.39, 0.29) is 24.2 Å². The number of carbonyl (C=O) groups is 2. The summed E-state index contributed by atoms with van der Waals surface area (Å²) in [4.78, 5) is 29.9. The molecule has 132 valence electrons. The minimum Gasteiger partial charge on any atom is -0.347 e. The number of nitrogens with zero attached hydrogens (tertiary/aromatic N) is 2. The van der Waals surface area contributed by atoms with Gasteiger partial charge in [-0.25, -0.2) is 4.39 Å². The number of hydrogen-bond acceptors (Lipinski definition) is 4. The number of amides is 2. The SMILES string of the molecule is CN(C)CC(=O)N1CCc2sc(C(=O)NCc3cccc(F)c3)cc21. The topological polar surface area (TPSA) is 52.7 Å². The van der Waals surface area contributed by atoms with Crippen LogP contribution in [0.15, 0.2) is 30.3 Å². The first-order valence-corrected chi connectivity index (χ1v) is 8.86. The van der Waals surface area contributed by atoms with Crippen molar-refractivity contribution in [3.8, 4) is 0 Å². The molecule has 1 aromatic carbocycles. The maximum atomic E-state index is 13.2. The summed E-state index contributed by atoms with van der Waals surface area (Å²) in [5.74, 6) is -0.492. The average molecular weight is 361 g/mol. The summed E-state index contributed by atoms with van der Waals surface area (Å²) in [5, 5.41) is 2.80. The summed E-state index contributed by atoms with van der Waals surface area (Å²) in [6.45, 7) is 1.28. The van der Waals surface area contributed by atoms with E-state index in [0.29, 0.717) is 23.5 Å². The number of carbonyl (C=O) groups excluding carboxylic acids is 2. The molecule has 1 aliphatic rings. The van der Waals surface area contributed by atoms with Crippen molar-refractivity contribution in [1.82, 2.24) is 10.2 Å². The van der Waals surface area contributed by atoms with Gasteiger partial charge in [-0.1, -0.05) is 12.1 Å². The van der Waals surface area contributed by atoms with Gasteiger partial charge in [0.25, 0.3) is 5.91 Å². The predicted molar refractivity (Wildman–Crippen MR) is 96.5 cm³/mol. The highest BCUT2D eigenvalue weighted by Gasteiger charge is 2.28. The van der Waals surface area contributed by atoms with Crippen LogP contribution in [0.25, 0.3) is 0 Å². The number of nitrogens with one attached hydrogen (secondary N) is 1. The minimum absolute atomic E-state index is 0.0354. The molecule has 0 spiro atoms. The van der Waals surface area contributed by atoms with E-state index in [1.807, 2.05) is 19.0 Å². The first kappa shape index (κ1) is 17.6. The monoisotopic (exact) mass is 361 g/mol. The second-order valence-corrected chi connectivity index (χ2v) is 7.40. The standard InChI is InChI=1S/C18H20FN3O2S/c1-21(2)11-17(23)22-7-6-15-14(22)9-16(25-15)18(24)20-10-12-4-3-5-13(19)8-12/h3-5,8-9H,6-7,10-11H2,1-2H3,(H,20,24). The molecule has 0 radical (unpaired) electrons. The van der Waals surface area contributed by atoms with Crippen LogP contribution >= 0.6 is 11.3 Å². The fraction of sp³-hybridized carbons (Fsp3) is 0.333. The number of fused-ring (bicyclic) bond motifs is 1. The highest BCUT2D eigenvalue weighted by Crippen LogP contribution is 2.36. The molecule has 0 unspecified atom stereocenters. The minimum atomic E-state index is -0.322. The Labute approximate surface area is 150 Å². The van der Waals surface area contributed by atoms with Crippen molar-refractivity contribution in [3.05, 3.63) is 51.5 Å². The van der Waals surface area contributed by atoms with Crippen molar-refractivity contribution in [2.75, 3.05) is 32.1 Å². The van der Waals surface area contributed by atoms with Crippen LogP contribution in [0.2, 0.25) is 0 Å². The number of rotatable bonds is 5. The van der Waals surface area contributed by atoms with Crippen LogP contribution in [-0.4, -0.2) is 43.9 Å². The first-order valence-electron chi connectivity index (χ1n) is 8.04. The van der Waals surface area contributed by atoms with Gasteiger partial charge < -0.3 is 15.1 Å². The van der Waals surface area contributed by atoms with Gasteiger partial charge in [0.15, 0.2) is 0 Å². The highest BCUT2D eigenvalue weighted by atomic mass is 32.1. The van der Waals surface area contributed by atoms with Crippen molar-refractivity contribution in [2.45, 2.75) is 13.0 Å². The number of hydrogen-bond donors (Lipinski definition) is 1. The van der Waals surface area contributed by atoms with Crippen LogP contribution in [-0.2, 0) is 17.8 Å². The summed E-state index contributed by atoms with van der Waals surface area (Å²) in [5.41, 5.74) is 1.55. The molecule has 0 aliphatic carbocycles. The van der Waals surface area contributed by atoms with E-state index < -0.39 is 0 Å². The quantitative estimate of drug-likeness (QED) is 0.889. The zero-order valence-electron chi connectivity index (χ0n) is 14.2. The van der Waals surface area contributed by atoms with E-state index in [0.717, 1.165) is 17.0 Å². The number of benzene rings is 1. The molecule has 3 rings (SSSR count). The van der Waals surface area contributed by atoms with Gasteiger partial charge in [0.05, 0.1) is 17.1 Å². The van der Waals surface area contributed by atoms with Gasteiger partial charge in [-0.15, -0.1) is 11.3 Å². The van der Waals surface area contributed by atoms with Crippen molar-refractivity contribution >= 4 is 28.8 Å². The molecular weight excluding hydrogens is 341 g/mol. The van der Waals surface area contributed by atoms with Gasteiger partial charge in [0, 0.05) is 24.4 Å². The second kappa shape index (κ2) is 7.33. The van der Waals surface area contributed by atoms with E-state index in [9.17, 15) is 14.0 Å². The number of anilines is 1. The predicted octanol–water partition coefficient (Wildman–Crippen LogP) is 2.27. The molecule has 0 saturated heterocycles. The van der Waals surface area contributed by atoms with Gasteiger partial charge in [-0.2, -0.15) is 0 Å². The molecule has 7 heteroatoms. The smallest absolute Gasteiger partial charge is 0.261 e. The Balaban J connectivity index is 1.66. The lowest BCUT2D eigenvalue weighted by Gasteiger charge is -2.18. The Morgan fingerprint density at radius 2 is 2.12 bits per heavy atom. The molecule has 2 amide bonds. The Morgan fingerprint density at radius 1 is 1.32 bits per heavy atom. The summed E-state index contributed by atoms with van der Waals surface area (Å²) < 4.78 is 13.2. The molecule has 2 aromatic rings. The van der Waals surface area contributed by atoms with Crippen molar-refractivity contribution in [2.24, 2.45) is 0 Å². The first-order chi connectivity index (χ1) is 11.9. The fourth-order valence-electron chi connectivity index (χ4n) is 2.80. The van der Waals surface area contributed by atoms with E-state index in [1.165, 1.54) is 23.5 Å². The van der Waals surface area contributed by atoms with Crippen molar-refractivity contribution < 1.29 is 14.0 Å². The fourth-order valence-corrected chi connectivity index (χ4v) is 3.87. The molecule has 0 fully saturated rings. The number of halogens is 1. The molecule has 1 aromatic heterocycles. The number of likely N-dealkylation sites (N-methyl/N-ethyl adjacent to an activating group) is 1. The van der Waals surface area contributed by atoms with Crippen LogP contribution in [0.1, 0.15) is 20.1 Å². The van der Waals surface area contributed by atoms with E-state index in [2.05, 4.69) is 5.32 Å². The number of thiophene rings is 1. The Morgan fingerprint density at radius 3 is 2.84 bits per heavy atom. The lowest BCUT2D eigenvalue weighted by Crippen LogP contribution is -2.36. The summed E-state index contributed by atoms with van der Waals surface area (Å²) >= 11 is 1.41. The molecule has 0 bridgehead atoms. The third-order valence-corrected chi connectivity index (χ3v) is 5.14. The van der Waals surface area contributed by atoms with Gasteiger partial charge in [-0.05, 0) is 37.9 Å². The van der Waals surface area contributed by atoms with Gasteiger partial charge in [0.1, 0.15) is 5.82 Å². The average Bonchev–Trinajstić information content (AvgIpc) is 3.12. The normalized spacial score (nSPS) is 13.2.